The Balaban J connectivity index is 1.50. The van der Waals surface area contributed by atoms with Gasteiger partial charge in [-0.25, -0.2) is 13.6 Å². The highest BCUT2D eigenvalue weighted by atomic mass is 19.3. The van der Waals surface area contributed by atoms with Gasteiger partial charge in [-0.1, -0.05) is 65.0 Å². The van der Waals surface area contributed by atoms with E-state index in [0.717, 1.165) is 0 Å². The molecule has 0 bridgehead atoms. The van der Waals surface area contributed by atoms with Crippen LogP contribution in [0.25, 0.3) is 0 Å². The van der Waals surface area contributed by atoms with E-state index in [1.807, 2.05) is 13.8 Å². The smallest absolute Gasteiger partial charge is 0.315 e. The molecule has 2 unspecified atom stereocenters. The molecular weight excluding hydrogens is 704 g/mol. The highest BCUT2D eigenvalue weighted by molar-refractivity contribution is 6.38. The van der Waals surface area contributed by atoms with Crippen LogP contribution in [0, 0.1) is 28.6 Å². The van der Waals surface area contributed by atoms with E-state index in [0.29, 0.717) is 5.56 Å². The van der Waals surface area contributed by atoms with Crippen molar-refractivity contribution in [3.8, 4) is 0 Å². The molecule has 7 atom stereocenters. The third-order valence-electron chi connectivity index (χ3n) is 10.5. The monoisotopic (exact) mass is 759 g/mol. The number of amides is 7. The molecule has 0 spiro atoms. The van der Waals surface area contributed by atoms with Crippen LogP contribution in [0.5, 0.6) is 0 Å². The maximum Gasteiger partial charge on any atom is 0.315 e. The topological polar surface area (TPSA) is 186 Å². The molecule has 3 fully saturated rings. The van der Waals surface area contributed by atoms with E-state index >= 15 is 0 Å². The number of rotatable bonds is 13. The number of likely N-dealkylation sites (tertiary alicyclic amines) is 1. The van der Waals surface area contributed by atoms with Gasteiger partial charge in [-0.2, -0.15) is 0 Å². The van der Waals surface area contributed by atoms with Crippen LogP contribution < -0.4 is 26.6 Å². The van der Waals surface area contributed by atoms with Crippen LogP contribution in [0.15, 0.2) is 30.3 Å². The third kappa shape index (κ3) is 9.72. The first-order valence-corrected chi connectivity index (χ1v) is 18.2. The van der Waals surface area contributed by atoms with Crippen molar-refractivity contribution in [1.82, 2.24) is 36.4 Å². The number of alkyl halides is 2. The third-order valence-corrected chi connectivity index (χ3v) is 10.5. The molecule has 1 aliphatic heterocycles. The van der Waals surface area contributed by atoms with Crippen molar-refractivity contribution in [3.63, 3.8) is 0 Å². The van der Waals surface area contributed by atoms with Gasteiger partial charge in [-0.05, 0) is 55.4 Å². The lowest BCUT2D eigenvalue weighted by atomic mass is 9.85. The van der Waals surface area contributed by atoms with Gasteiger partial charge in [0.15, 0.2) is 0 Å². The summed E-state index contributed by atoms with van der Waals surface area (Å²) < 4.78 is 28.3. The lowest BCUT2D eigenvalue weighted by Gasteiger charge is -2.38. The number of carbonyl (C=O) groups excluding carboxylic acids is 7. The summed E-state index contributed by atoms with van der Waals surface area (Å²) in [4.78, 5) is 96.3. The van der Waals surface area contributed by atoms with Gasteiger partial charge in [0.05, 0.1) is 12.6 Å². The van der Waals surface area contributed by atoms with E-state index in [2.05, 4.69) is 26.6 Å². The van der Waals surface area contributed by atoms with Crippen molar-refractivity contribution in [2.45, 2.75) is 104 Å². The minimum atomic E-state index is -3.08. The molecule has 16 heteroatoms. The summed E-state index contributed by atoms with van der Waals surface area (Å²) in [5.74, 6) is -9.83. The van der Waals surface area contributed by atoms with Gasteiger partial charge in [0.2, 0.25) is 29.4 Å². The van der Waals surface area contributed by atoms with Crippen LogP contribution in [0.2, 0.25) is 0 Å². The first-order chi connectivity index (χ1) is 24.8. The number of carbonyl (C=O) groups is 7. The molecule has 7 amide bonds. The summed E-state index contributed by atoms with van der Waals surface area (Å²) in [6, 6.07) is 2.90. The van der Waals surface area contributed by atoms with E-state index in [1.54, 1.807) is 71.9 Å². The van der Waals surface area contributed by atoms with Crippen LogP contribution in [0.3, 0.4) is 0 Å². The fourth-order valence-electron chi connectivity index (χ4n) is 7.24. The van der Waals surface area contributed by atoms with Gasteiger partial charge in [0.1, 0.15) is 18.1 Å². The predicted octanol–water partition coefficient (Wildman–Crippen LogP) is 2.14. The van der Waals surface area contributed by atoms with E-state index in [1.165, 1.54) is 23.9 Å². The van der Waals surface area contributed by atoms with Gasteiger partial charge >= 0.3 is 6.03 Å². The standard InChI is InChI=1S/C38H55F2N7O7/c1-35(2,3)29(44-34(54)45-36(4,5)6)33(53)47-19-22-25(37(22,7)8)27(47)30(50)42-23(16-21-17-38(21,39)40)28(49)31(51)41-18-24(48)43-26(32(52)46(9)10)20-14-12-11-13-15-20/h11-15,21-23,25-27,29H,16-19H2,1-10H3,(H,41,51)(H,42,50)(H,43,48)(H2,44,45,54)/t21?,22-,23?,25-,26-,27-,29+/m0/s1. The number of hydrogen-bond donors (Lipinski definition) is 5. The highest BCUT2D eigenvalue weighted by Crippen LogP contribution is 2.65. The number of nitrogens with one attached hydrogen (secondary N) is 5. The van der Waals surface area contributed by atoms with Crippen molar-refractivity contribution < 1.29 is 42.3 Å². The van der Waals surface area contributed by atoms with Crippen LogP contribution in [0.4, 0.5) is 13.6 Å². The number of halogens is 2. The number of urea groups is 1. The number of benzene rings is 1. The Morgan fingerprint density at radius 3 is 2.04 bits per heavy atom. The van der Waals surface area contributed by atoms with Crippen molar-refractivity contribution in [1.29, 1.82) is 0 Å². The molecule has 0 radical (unpaired) electrons. The van der Waals surface area contributed by atoms with Gasteiger partial charge in [-0.3, -0.25) is 28.8 Å². The van der Waals surface area contributed by atoms with Crippen molar-refractivity contribution in [2.24, 2.45) is 28.6 Å². The molecule has 2 saturated carbocycles. The predicted molar refractivity (Wildman–Crippen MR) is 195 cm³/mol. The molecule has 5 N–H and O–H groups in total. The Kier molecular flexibility index (Phi) is 11.9. The van der Waals surface area contributed by atoms with Crippen molar-refractivity contribution >= 4 is 41.4 Å². The summed E-state index contributed by atoms with van der Waals surface area (Å²) in [6.07, 6.45) is -1.07. The van der Waals surface area contributed by atoms with E-state index < -0.39 is 108 Å². The molecule has 3 aliphatic rings. The fraction of sp³-hybridized carbons (Fsp3) is 0.658. The van der Waals surface area contributed by atoms with Crippen molar-refractivity contribution in [3.05, 3.63) is 35.9 Å². The second-order valence-electron chi connectivity index (χ2n) is 17.7. The number of hydrogen-bond acceptors (Lipinski definition) is 7. The molecular formula is C38H55F2N7O7. The molecule has 54 heavy (non-hydrogen) atoms. The second-order valence-corrected chi connectivity index (χ2v) is 17.7. The Hall–Kier alpha value is -4.63. The second kappa shape index (κ2) is 15.2. The molecule has 2 aliphatic carbocycles. The Morgan fingerprint density at radius 1 is 0.926 bits per heavy atom. The SMILES string of the molecule is CN(C)C(=O)[C@@H](NC(=O)CNC(=O)C(=O)C(CC1CC1(F)F)NC(=O)[C@@H]1[C@@H]2[C@H](CN1C(=O)[C@@H](NC(=O)NC(C)(C)C)C(C)(C)C)C2(C)C)c1ccccc1. The van der Waals surface area contributed by atoms with Crippen LogP contribution in [-0.2, 0) is 28.8 Å². The van der Waals surface area contributed by atoms with Gasteiger partial charge in [-0.15, -0.1) is 0 Å². The lowest BCUT2D eigenvalue weighted by molar-refractivity contribution is -0.145. The number of likely N-dealkylation sites (N-methyl/N-ethyl adjacent to an activating group) is 1. The average Bonchev–Trinajstić information content (AvgIpc) is 3.72. The van der Waals surface area contributed by atoms with Crippen LogP contribution in [-0.4, -0.2) is 108 Å². The van der Waals surface area contributed by atoms with Crippen LogP contribution in [0.1, 0.15) is 79.8 Å². The maximum absolute atomic E-state index is 14.2. The Morgan fingerprint density at radius 2 is 1.52 bits per heavy atom. The van der Waals surface area contributed by atoms with E-state index in [9.17, 15) is 42.3 Å². The average molecular weight is 760 g/mol. The van der Waals surface area contributed by atoms with E-state index in [-0.39, 0.29) is 23.8 Å². The normalized spacial score (nSPS) is 23.7. The Bertz CT molecular complexity index is 1650. The molecule has 298 valence electrons. The van der Waals surface area contributed by atoms with E-state index in [4.69, 9.17) is 0 Å². The zero-order valence-corrected chi connectivity index (χ0v) is 32.8. The molecule has 14 nitrogen and oxygen atoms in total. The fourth-order valence-corrected chi connectivity index (χ4v) is 7.24. The molecule has 1 aromatic carbocycles. The quantitative estimate of drug-likeness (QED) is 0.191. The van der Waals surface area contributed by atoms with Gasteiger partial charge in [0.25, 0.3) is 11.8 Å². The Labute approximate surface area is 315 Å². The summed E-state index contributed by atoms with van der Waals surface area (Å²) in [5.41, 5.74) is -1.25. The number of piperidine rings is 1. The largest absolute Gasteiger partial charge is 0.347 e. The number of ketones is 1. The zero-order chi connectivity index (χ0) is 40.7. The first-order valence-electron chi connectivity index (χ1n) is 18.2. The van der Waals surface area contributed by atoms with Crippen LogP contribution >= 0.6 is 0 Å². The molecule has 4 rings (SSSR count). The summed E-state index contributed by atoms with van der Waals surface area (Å²) in [5, 5.41) is 12.8. The molecule has 1 heterocycles. The lowest BCUT2D eigenvalue weighted by Crippen LogP contribution is -2.62. The number of nitrogens with zero attached hydrogens (tertiary/aromatic N) is 2. The van der Waals surface area contributed by atoms with Crippen molar-refractivity contribution in [2.75, 3.05) is 27.2 Å². The van der Waals surface area contributed by atoms with Gasteiger partial charge in [0, 0.05) is 38.5 Å². The number of Topliss-reactive ketones (excluding diaryl/α,β-unsaturated/α-hetero) is 1. The highest BCUT2D eigenvalue weighted by Gasteiger charge is 2.70. The zero-order valence-electron chi connectivity index (χ0n) is 32.8. The minimum Gasteiger partial charge on any atom is -0.347 e. The summed E-state index contributed by atoms with van der Waals surface area (Å²) >= 11 is 0. The molecule has 1 aromatic rings. The molecule has 1 saturated heterocycles. The minimum absolute atomic E-state index is 0.0796. The first kappa shape index (κ1) is 42.1. The summed E-state index contributed by atoms with van der Waals surface area (Å²) in [6.45, 7) is 14.0. The maximum atomic E-state index is 14.2. The van der Waals surface area contributed by atoms with Gasteiger partial charge < -0.3 is 36.4 Å². The number of fused-ring (bicyclic) bond motifs is 1. The molecule has 0 aromatic heterocycles. The summed E-state index contributed by atoms with van der Waals surface area (Å²) in [7, 11) is 3.03.